The number of amides is 1. The van der Waals surface area contributed by atoms with E-state index in [1.807, 2.05) is 27.7 Å². The van der Waals surface area contributed by atoms with Crippen LogP contribution in [-0.2, 0) is 19.6 Å². The number of anilines is 4. The predicted molar refractivity (Wildman–Crippen MR) is 187 cm³/mol. The summed E-state index contributed by atoms with van der Waals surface area (Å²) in [4.78, 5) is 48.3. The molecule has 0 saturated carbocycles. The molecule has 0 aliphatic heterocycles. The molecule has 0 saturated heterocycles. The first-order valence-corrected chi connectivity index (χ1v) is 16.1. The first-order chi connectivity index (χ1) is 23.7. The van der Waals surface area contributed by atoms with Crippen molar-refractivity contribution in [1.82, 2.24) is 30.4 Å². The third-order valence-corrected chi connectivity index (χ3v) is 5.29. The number of carboxylic acids is 1. The maximum atomic E-state index is 11.9. The lowest BCUT2D eigenvalue weighted by Crippen LogP contribution is -2.39. The lowest BCUT2D eigenvalue weighted by atomic mass is 10.1. The van der Waals surface area contributed by atoms with Crippen LogP contribution in [-0.4, -0.2) is 82.8 Å². The van der Waals surface area contributed by atoms with E-state index in [-0.39, 0.29) is 45.0 Å². The SMILES string of the molecule is C/C(=C\C(=O)NC(C)(C)C)OC(=O)c1nc(Cl)c(N)nc1N.CC(C)(C)O.Cc1ccno1.Nc1nc(N)c(C(=O)O)nc1Cl.O=S(=O)(O)C(F)(F)F. The first kappa shape index (κ1) is 50.1. The number of esters is 1. The summed E-state index contributed by atoms with van der Waals surface area (Å²) in [5, 5.41) is 22.8. The predicted octanol–water partition coefficient (Wildman–Crippen LogP) is 3.42. The monoisotopic (exact) mass is 822 g/mol. The van der Waals surface area contributed by atoms with Gasteiger partial charge in [-0.3, -0.25) is 9.35 Å². The molecular weight excluding hydrogens is 784 g/mol. The number of aromatic carboxylic acids is 1. The van der Waals surface area contributed by atoms with E-state index in [1.54, 1.807) is 33.0 Å². The van der Waals surface area contributed by atoms with Crippen molar-refractivity contribution in [3.8, 4) is 0 Å². The lowest BCUT2D eigenvalue weighted by molar-refractivity contribution is -0.118. The zero-order chi connectivity index (χ0) is 42.3. The standard InChI is InChI=1S/C13H18ClN5O3.C5H5ClN4O2.C4H5NO.C4H10O.CHF3O3S/c1-6(5-7(20)19-13(2,3)4)22-12(21)8-10(15)18-11(16)9(14)17-8;6-2-4(8)10-3(7)1(9-2)5(11)12;1-4-2-3-5-6-4;1-4(2,3)5;2-1(3,4)8(5,6)7/h5H,1-4H3,(H,19,20)(H4,15,16,18);(H,11,12)(H4,7,8,10);2-3H,1H3;5H,1-3H3;(H,5,6,7)/b6-5+;;;;. The number of carboxylic acid groups (broad SMARTS) is 1. The molecular formula is C27H39Cl2F3N10O10S. The molecule has 0 bridgehead atoms. The van der Waals surface area contributed by atoms with Gasteiger partial charge < -0.3 is 47.7 Å². The molecule has 0 atom stereocenters. The highest BCUT2D eigenvalue weighted by molar-refractivity contribution is 7.86. The van der Waals surface area contributed by atoms with Gasteiger partial charge in [-0.25, -0.2) is 29.5 Å². The van der Waals surface area contributed by atoms with Crippen molar-refractivity contribution in [2.75, 3.05) is 22.9 Å². The second-order valence-electron chi connectivity index (χ2n) is 11.7. The average Bonchev–Trinajstić information content (AvgIpc) is 3.41. The molecule has 12 N–H and O–H groups in total. The van der Waals surface area contributed by atoms with Crippen molar-refractivity contribution in [1.29, 1.82) is 0 Å². The van der Waals surface area contributed by atoms with Crippen LogP contribution in [0.4, 0.5) is 36.4 Å². The van der Waals surface area contributed by atoms with E-state index in [0.717, 1.165) is 11.8 Å². The smallest absolute Gasteiger partial charge is 0.476 e. The molecule has 3 rings (SSSR count). The number of nitrogen functional groups attached to an aromatic ring is 4. The average molecular weight is 824 g/mol. The molecule has 26 heteroatoms. The largest absolute Gasteiger partial charge is 0.522 e. The normalized spacial score (nSPS) is 11.4. The fourth-order valence-corrected chi connectivity index (χ4v) is 2.54. The summed E-state index contributed by atoms with van der Waals surface area (Å²) in [6, 6.07) is 1.81. The zero-order valence-electron chi connectivity index (χ0n) is 29.3. The minimum atomic E-state index is -5.84. The Morgan fingerprint density at radius 2 is 1.28 bits per heavy atom. The van der Waals surface area contributed by atoms with Crippen molar-refractivity contribution >= 4 is 74.4 Å². The number of hydrogen-bond donors (Lipinski definition) is 8. The quantitative estimate of drug-likeness (QED) is 0.0614. The van der Waals surface area contributed by atoms with Gasteiger partial charge in [-0.15, -0.1) is 0 Å². The number of aromatic nitrogens is 5. The molecule has 3 aromatic rings. The highest BCUT2D eigenvalue weighted by atomic mass is 35.5. The number of aliphatic hydroxyl groups is 1. The van der Waals surface area contributed by atoms with Gasteiger partial charge in [0, 0.05) is 17.7 Å². The van der Waals surface area contributed by atoms with E-state index in [9.17, 15) is 27.6 Å². The number of hydrogen-bond acceptors (Lipinski definition) is 17. The highest BCUT2D eigenvalue weighted by Crippen LogP contribution is 2.21. The number of nitrogens with one attached hydrogen (secondary N) is 1. The molecule has 3 heterocycles. The Hall–Kier alpha value is -5.04. The van der Waals surface area contributed by atoms with Crippen LogP contribution in [0, 0.1) is 6.92 Å². The number of aryl methyl sites for hydroxylation is 1. The molecule has 0 spiro atoms. The van der Waals surface area contributed by atoms with Crippen molar-refractivity contribution < 1.29 is 60.0 Å². The summed E-state index contributed by atoms with van der Waals surface area (Å²) in [7, 11) is -5.84. The van der Waals surface area contributed by atoms with E-state index < -0.39 is 50.3 Å². The summed E-state index contributed by atoms with van der Waals surface area (Å²) >= 11 is 11.1. The highest BCUT2D eigenvalue weighted by Gasteiger charge is 2.44. The molecule has 0 fully saturated rings. The fourth-order valence-electron chi connectivity index (χ4n) is 2.28. The molecule has 20 nitrogen and oxygen atoms in total. The van der Waals surface area contributed by atoms with Crippen LogP contribution in [0.15, 0.2) is 28.6 Å². The van der Waals surface area contributed by atoms with Gasteiger partial charge in [0.25, 0.3) is 0 Å². The van der Waals surface area contributed by atoms with Crippen molar-refractivity contribution in [3.05, 3.63) is 51.6 Å². The Balaban J connectivity index is 0. The summed E-state index contributed by atoms with van der Waals surface area (Å²) in [5.74, 6) is -2.27. The molecule has 0 aliphatic rings. The number of rotatable bonds is 4. The van der Waals surface area contributed by atoms with Gasteiger partial charge in [-0.1, -0.05) is 28.4 Å². The van der Waals surface area contributed by atoms with Crippen molar-refractivity contribution in [3.63, 3.8) is 0 Å². The van der Waals surface area contributed by atoms with Gasteiger partial charge in [-0.2, -0.15) is 21.6 Å². The Kier molecular flexibility index (Phi) is 19.7. The molecule has 298 valence electrons. The van der Waals surface area contributed by atoms with E-state index >= 15 is 0 Å². The maximum Gasteiger partial charge on any atom is 0.522 e. The Morgan fingerprint density at radius 1 is 0.887 bits per heavy atom. The molecule has 1 amide bonds. The molecule has 0 unspecified atom stereocenters. The van der Waals surface area contributed by atoms with E-state index in [1.165, 1.54) is 6.92 Å². The van der Waals surface area contributed by atoms with Gasteiger partial charge >= 0.3 is 27.6 Å². The van der Waals surface area contributed by atoms with Gasteiger partial charge in [-0.05, 0) is 55.4 Å². The molecule has 53 heavy (non-hydrogen) atoms. The molecule has 3 aromatic heterocycles. The van der Waals surface area contributed by atoms with E-state index in [4.69, 9.17) is 74.1 Å². The lowest BCUT2D eigenvalue weighted by Gasteiger charge is -2.19. The zero-order valence-corrected chi connectivity index (χ0v) is 31.6. The van der Waals surface area contributed by atoms with E-state index in [2.05, 4.69) is 34.9 Å². The van der Waals surface area contributed by atoms with E-state index in [0.29, 0.717) is 0 Å². The summed E-state index contributed by atoms with van der Waals surface area (Å²) in [6.07, 6.45) is 2.76. The number of halogens is 5. The van der Waals surface area contributed by atoms with Crippen LogP contribution < -0.4 is 28.3 Å². The minimum absolute atomic E-state index is 0.0703. The number of carbonyl (C=O) groups excluding carboxylic acids is 2. The Labute approximate surface area is 310 Å². The Morgan fingerprint density at radius 3 is 1.58 bits per heavy atom. The number of alkyl halides is 3. The van der Waals surface area contributed by atoms with Crippen LogP contribution in [0.5, 0.6) is 0 Å². The number of nitrogens with two attached hydrogens (primary N) is 4. The van der Waals surface area contributed by atoms with Gasteiger partial charge in [0.15, 0.2) is 45.0 Å². The van der Waals surface area contributed by atoms with Crippen LogP contribution in [0.25, 0.3) is 0 Å². The second-order valence-corrected chi connectivity index (χ2v) is 13.8. The first-order valence-electron chi connectivity index (χ1n) is 13.9. The van der Waals surface area contributed by atoms with Crippen molar-refractivity contribution in [2.45, 2.75) is 72.0 Å². The molecule has 0 aliphatic carbocycles. The number of carbonyl (C=O) groups is 3. The summed E-state index contributed by atoms with van der Waals surface area (Å²) < 4.78 is 67.1. The van der Waals surface area contributed by atoms with Gasteiger partial charge in [0.1, 0.15) is 11.5 Å². The van der Waals surface area contributed by atoms with Crippen molar-refractivity contribution in [2.24, 2.45) is 0 Å². The van der Waals surface area contributed by atoms with Gasteiger partial charge in [0.2, 0.25) is 5.91 Å². The minimum Gasteiger partial charge on any atom is -0.476 e. The van der Waals surface area contributed by atoms with Crippen LogP contribution >= 0.6 is 23.2 Å². The third-order valence-electron chi connectivity index (χ3n) is 4.15. The number of ether oxygens (including phenoxy) is 1. The van der Waals surface area contributed by atoms with Crippen LogP contribution in [0.3, 0.4) is 0 Å². The number of nitrogens with zero attached hydrogens (tertiary/aromatic N) is 5. The molecule has 0 aromatic carbocycles. The van der Waals surface area contributed by atoms with Crippen LogP contribution in [0.1, 0.15) is 75.2 Å². The summed E-state index contributed by atoms with van der Waals surface area (Å²) in [5.41, 5.74) is 14.3. The Bertz CT molecular complexity index is 1830. The topological polar surface area (TPSA) is 349 Å². The summed E-state index contributed by atoms with van der Waals surface area (Å²) in [6.45, 7) is 14.0. The second kappa shape index (κ2) is 20.9. The fraction of sp³-hybridized carbons (Fsp3) is 0.407. The van der Waals surface area contributed by atoms with Gasteiger partial charge in [0.05, 0.1) is 11.8 Å². The van der Waals surface area contributed by atoms with Crippen LogP contribution in [0.2, 0.25) is 10.3 Å². The number of allylic oxidation sites excluding steroid dienone is 1. The maximum absolute atomic E-state index is 11.9. The third kappa shape index (κ3) is 23.2. The molecule has 0 radical (unpaired) electrons.